The number of rotatable bonds is 2. The van der Waals surface area contributed by atoms with E-state index in [4.69, 9.17) is 35.4 Å². The maximum absolute atomic E-state index is 6.03. The minimum absolute atomic E-state index is 0.606. The minimum atomic E-state index is 0.606. The van der Waals surface area contributed by atoms with E-state index < -0.39 is 0 Å². The van der Waals surface area contributed by atoms with Crippen molar-refractivity contribution in [3.8, 4) is 0 Å². The van der Waals surface area contributed by atoms with Crippen LogP contribution in [-0.4, -0.2) is 48.1 Å². The van der Waals surface area contributed by atoms with Gasteiger partial charge in [-0.05, 0) is 29.9 Å². The van der Waals surface area contributed by atoms with Crippen molar-refractivity contribution in [3.63, 3.8) is 0 Å². The monoisotopic (exact) mass is 317 g/mol. The molecule has 0 atom stereocenters. The molecule has 1 aliphatic rings. The Hall–Kier alpha value is -0.550. The zero-order chi connectivity index (χ0) is 13.8. The Morgan fingerprint density at radius 2 is 1.89 bits per heavy atom. The highest BCUT2D eigenvalue weighted by Gasteiger charge is 2.18. The molecule has 1 heterocycles. The first kappa shape index (κ1) is 14.9. The van der Waals surface area contributed by atoms with E-state index >= 15 is 0 Å². The molecule has 0 spiro atoms. The summed E-state index contributed by atoms with van der Waals surface area (Å²) >= 11 is 17.2. The Labute approximate surface area is 129 Å². The van der Waals surface area contributed by atoms with Crippen LogP contribution in [-0.2, 0) is 6.54 Å². The van der Waals surface area contributed by atoms with Gasteiger partial charge in [0.2, 0.25) is 0 Å². The Morgan fingerprint density at radius 3 is 2.47 bits per heavy atom. The molecular weight excluding hydrogens is 301 g/mol. The van der Waals surface area contributed by atoms with E-state index in [0.29, 0.717) is 10.0 Å². The van der Waals surface area contributed by atoms with Gasteiger partial charge in [-0.2, -0.15) is 0 Å². The number of nitrogens with zero attached hydrogens (tertiary/aromatic N) is 2. The lowest BCUT2D eigenvalue weighted by Gasteiger charge is -2.35. The molecule has 2 rings (SSSR count). The van der Waals surface area contributed by atoms with Gasteiger partial charge in [-0.1, -0.05) is 29.3 Å². The van der Waals surface area contributed by atoms with E-state index in [0.717, 1.165) is 37.8 Å². The minimum Gasteiger partial charge on any atom is -0.366 e. The zero-order valence-electron chi connectivity index (χ0n) is 10.8. The molecule has 104 valence electrons. The van der Waals surface area contributed by atoms with Gasteiger partial charge in [0.25, 0.3) is 0 Å². The predicted molar refractivity (Wildman–Crippen MR) is 85.0 cm³/mol. The van der Waals surface area contributed by atoms with E-state index in [9.17, 15) is 0 Å². The maximum atomic E-state index is 6.03. The van der Waals surface area contributed by atoms with Crippen LogP contribution in [0, 0.1) is 0 Å². The molecule has 0 bridgehead atoms. The predicted octanol–water partition coefficient (Wildman–Crippen LogP) is 2.62. The summed E-state index contributed by atoms with van der Waals surface area (Å²) in [6, 6.07) is 5.82. The van der Waals surface area contributed by atoms with E-state index in [1.54, 1.807) is 0 Å². The third-order valence-corrected chi connectivity index (χ3v) is 4.46. The molecule has 0 aromatic heterocycles. The molecule has 0 saturated carbocycles. The number of hydrogen-bond acceptors (Lipinski definition) is 2. The van der Waals surface area contributed by atoms with Gasteiger partial charge < -0.3 is 10.2 Å². The van der Waals surface area contributed by atoms with Crippen molar-refractivity contribution in [3.05, 3.63) is 33.8 Å². The van der Waals surface area contributed by atoms with Crippen molar-refractivity contribution in [1.29, 1.82) is 0 Å². The average Bonchev–Trinajstić information content (AvgIpc) is 2.43. The molecule has 1 aromatic carbocycles. The Kier molecular flexibility index (Phi) is 5.28. The lowest BCUT2D eigenvalue weighted by molar-refractivity contribution is 0.175. The second-order valence-electron chi connectivity index (χ2n) is 4.57. The van der Waals surface area contributed by atoms with Crippen LogP contribution in [0.5, 0.6) is 0 Å². The van der Waals surface area contributed by atoms with Crippen LogP contribution < -0.4 is 5.32 Å². The molecule has 1 aliphatic heterocycles. The van der Waals surface area contributed by atoms with Gasteiger partial charge in [-0.3, -0.25) is 4.90 Å². The van der Waals surface area contributed by atoms with Gasteiger partial charge in [0.05, 0.1) is 10.0 Å². The van der Waals surface area contributed by atoms with Crippen molar-refractivity contribution in [2.24, 2.45) is 0 Å². The number of halogens is 2. The molecule has 1 aromatic rings. The first-order valence-electron chi connectivity index (χ1n) is 6.23. The van der Waals surface area contributed by atoms with E-state index in [2.05, 4.69) is 15.1 Å². The van der Waals surface area contributed by atoms with Crippen molar-refractivity contribution in [1.82, 2.24) is 15.1 Å². The van der Waals surface area contributed by atoms with Crippen LogP contribution in [0.4, 0.5) is 0 Å². The van der Waals surface area contributed by atoms with Crippen LogP contribution >= 0.6 is 35.4 Å². The van der Waals surface area contributed by atoms with Gasteiger partial charge in [0, 0.05) is 39.8 Å². The number of benzene rings is 1. The topological polar surface area (TPSA) is 18.5 Å². The number of nitrogens with one attached hydrogen (secondary N) is 1. The first-order chi connectivity index (χ1) is 9.10. The molecule has 19 heavy (non-hydrogen) atoms. The van der Waals surface area contributed by atoms with E-state index in [1.807, 2.05) is 25.2 Å². The van der Waals surface area contributed by atoms with Crippen LogP contribution in [0.3, 0.4) is 0 Å². The Balaban J connectivity index is 1.88. The molecule has 0 amide bonds. The standard InChI is InChI=1S/C13H17Cl2N3S/c1-16-13(19)18-6-4-17(5-7-18)9-10-2-3-11(14)12(15)8-10/h2-3,8H,4-7,9H2,1H3,(H,16,19). The summed E-state index contributed by atoms with van der Waals surface area (Å²) < 4.78 is 0. The molecule has 1 fully saturated rings. The van der Waals surface area contributed by atoms with Gasteiger partial charge >= 0.3 is 0 Å². The van der Waals surface area contributed by atoms with Crippen molar-refractivity contribution < 1.29 is 0 Å². The Bertz CT molecular complexity index is 459. The number of thiocarbonyl (C=S) groups is 1. The SMILES string of the molecule is CNC(=S)N1CCN(Cc2ccc(Cl)c(Cl)c2)CC1. The maximum Gasteiger partial charge on any atom is 0.168 e. The highest BCUT2D eigenvalue weighted by Crippen LogP contribution is 2.23. The highest BCUT2D eigenvalue weighted by atomic mass is 35.5. The normalized spacial score (nSPS) is 16.5. The number of hydrogen-bond donors (Lipinski definition) is 1. The fraction of sp³-hybridized carbons (Fsp3) is 0.462. The van der Waals surface area contributed by atoms with Crippen LogP contribution in [0.2, 0.25) is 10.0 Å². The lowest BCUT2D eigenvalue weighted by atomic mass is 10.2. The largest absolute Gasteiger partial charge is 0.366 e. The first-order valence-corrected chi connectivity index (χ1v) is 7.39. The average molecular weight is 318 g/mol. The summed E-state index contributed by atoms with van der Waals surface area (Å²) in [4.78, 5) is 4.59. The molecule has 1 saturated heterocycles. The van der Waals surface area contributed by atoms with Crippen LogP contribution in [0.15, 0.2) is 18.2 Å². The van der Waals surface area contributed by atoms with Crippen molar-refractivity contribution >= 4 is 40.5 Å². The van der Waals surface area contributed by atoms with Gasteiger partial charge in [0.15, 0.2) is 5.11 Å². The molecule has 1 N–H and O–H groups in total. The zero-order valence-corrected chi connectivity index (χ0v) is 13.2. The molecule has 6 heteroatoms. The quantitative estimate of drug-likeness (QED) is 0.845. The summed E-state index contributed by atoms with van der Waals surface area (Å²) in [6.45, 7) is 4.82. The summed E-state index contributed by atoms with van der Waals surface area (Å²) in [5.41, 5.74) is 1.19. The van der Waals surface area contributed by atoms with Crippen molar-refractivity contribution in [2.45, 2.75) is 6.54 Å². The third-order valence-electron chi connectivity index (χ3n) is 3.26. The Morgan fingerprint density at radius 1 is 1.21 bits per heavy atom. The highest BCUT2D eigenvalue weighted by molar-refractivity contribution is 7.80. The summed E-state index contributed by atoms with van der Waals surface area (Å²) in [5, 5.41) is 5.07. The van der Waals surface area contributed by atoms with E-state index in [1.165, 1.54) is 5.56 Å². The molecule has 3 nitrogen and oxygen atoms in total. The van der Waals surface area contributed by atoms with E-state index in [-0.39, 0.29) is 0 Å². The second-order valence-corrected chi connectivity index (χ2v) is 5.77. The lowest BCUT2D eigenvalue weighted by Crippen LogP contribution is -2.50. The van der Waals surface area contributed by atoms with Crippen LogP contribution in [0.25, 0.3) is 0 Å². The third kappa shape index (κ3) is 3.96. The molecule has 0 radical (unpaired) electrons. The van der Waals surface area contributed by atoms with Gasteiger partial charge in [-0.25, -0.2) is 0 Å². The van der Waals surface area contributed by atoms with Crippen molar-refractivity contribution in [2.75, 3.05) is 33.2 Å². The summed E-state index contributed by atoms with van der Waals surface area (Å²) in [7, 11) is 1.87. The summed E-state index contributed by atoms with van der Waals surface area (Å²) in [6.07, 6.45) is 0. The molecule has 0 unspecified atom stereocenters. The second kappa shape index (κ2) is 6.75. The summed E-state index contributed by atoms with van der Waals surface area (Å²) in [5.74, 6) is 0. The fourth-order valence-corrected chi connectivity index (χ4v) is 2.67. The smallest absolute Gasteiger partial charge is 0.168 e. The molecular formula is C13H17Cl2N3S. The fourth-order valence-electron chi connectivity index (χ4n) is 2.16. The molecule has 0 aliphatic carbocycles. The van der Waals surface area contributed by atoms with Crippen LogP contribution in [0.1, 0.15) is 5.56 Å². The van der Waals surface area contributed by atoms with Gasteiger partial charge in [0.1, 0.15) is 0 Å². The van der Waals surface area contributed by atoms with Gasteiger partial charge in [-0.15, -0.1) is 0 Å². The number of piperazine rings is 1.